The second-order valence-electron chi connectivity index (χ2n) is 9.68. The molecule has 0 saturated carbocycles. The zero-order chi connectivity index (χ0) is 24.9. The van der Waals surface area contributed by atoms with E-state index in [1.165, 1.54) is 0 Å². The molecule has 0 N–H and O–H groups in total. The van der Waals surface area contributed by atoms with Crippen molar-refractivity contribution in [3.05, 3.63) is 58.5 Å². The minimum atomic E-state index is -0.561. The molecule has 34 heavy (non-hydrogen) atoms. The number of amides is 1. The summed E-state index contributed by atoms with van der Waals surface area (Å²) < 4.78 is 8.90. The first-order valence-electron chi connectivity index (χ1n) is 11.8. The van der Waals surface area contributed by atoms with Crippen LogP contribution in [0.5, 0.6) is 0 Å². The number of hydrogen-bond acceptors (Lipinski definition) is 4. The fraction of sp³-hybridized carbons (Fsp3) is 0.444. The van der Waals surface area contributed by atoms with E-state index in [0.717, 1.165) is 46.9 Å². The van der Waals surface area contributed by atoms with E-state index in [4.69, 9.17) is 4.74 Å². The lowest BCUT2D eigenvalue weighted by molar-refractivity contribution is -0.107. The molecule has 7 heteroatoms. The standard InChI is InChI=1S/C27H35N3O4/c1-27(2,3)34-26(33)30(15-7-6-8-17-31)16-14-20-10-9-11-21(18-20)22-12-13-23-24(19-22)29(5)25(32)28(23)4/h9-13,17-19H,6-8,14-16H2,1-5H3. The maximum atomic E-state index is 12.7. The summed E-state index contributed by atoms with van der Waals surface area (Å²) in [6, 6.07) is 14.3. The number of carbonyl (C=O) groups excluding carboxylic acids is 2. The fourth-order valence-corrected chi connectivity index (χ4v) is 4.01. The number of aromatic nitrogens is 2. The minimum Gasteiger partial charge on any atom is -0.444 e. The summed E-state index contributed by atoms with van der Waals surface area (Å²) in [5.74, 6) is 0. The van der Waals surface area contributed by atoms with Crippen LogP contribution in [0.1, 0.15) is 45.6 Å². The molecule has 0 fully saturated rings. The number of hydrogen-bond donors (Lipinski definition) is 0. The molecule has 0 atom stereocenters. The van der Waals surface area contributed by atoms with Gasteiger partial charge in [-0.3, -0.25) is 9.13 Å². The highest BCUT2D eigenvalue weighted by molar-refractivity contribution is 5.82. The van der Waals surface area contributed by atoms with Gasteiger partial charge in [-0.05, 0) is 68.9 Å². The summed E-state index contributed by atoms with van der Waals surface area (Å²) in [5, 5.41) is 0. The summed E-state index contributed by atoms with van der Waals surface area (Å²) >= 11 is 0. The van der Waals surface area contributed by atoms with Crippen LogP contribution in [0.25, 0.3) is 22.2 Å². The molecule has 0 aliphatic carbocycles. The van der Waals surface area contributed by atoms with Crippen LogP contribution >= 0.6 is 0 Å². The number of imidazole rings is 1. The topological polar surface area (TPSA) is 73.5 Å². The Morgan fingerprint density at radius 3 is 2.38 bits per heavy atom. The van der Waals surface area contributed by atoms with Crippen LogP contribution in [0.4, 0.5) is 4.79 Å². The monoisotopic (exact) mass is 465 g/mol. The van der Waals surface area contributed by atoms with Gasteiger partial charge in [-0.1, -0.05) is 30.3 Å². The number of unbranched alkanes of at least 4 members (excludes halogenated alkanes) is 2. The maximum Gasteiger partial charge on any atom is 0.410 e. The molecule has 0 bridgehead atoms. The molecule has 2 aromatic carbocycles. The minimum absolute atomic E-state index is 0.0451. The van der Waals surface area contributed by atoms with Crippen LogP contribution in [-0.2, 0) is 30.0 Å². The van der Waals surface area contributed by atoms with Crippen molar-refractivity contribution >= 4 is 23.4 Å². The van der Waals surface area contributed by atoms with Gasteiger partial charge in [0.05, 0.1) is 11.0 Å². The Balaban J connectivity index is 1.76. The van der Waals surface area contributed by atoms with E-state index in [1.54, 1.807) is 28.1 Å². The number of carbonyl (C=O) groups is 2. The third-order valence-electron chi connectivity index (χ3n) is 5.85. The summed E-state index contributed by atoms with van der Waals surface area (Å²) in [6.45, 7) is 6.67. The lowest BCUT2D eigenvalue weighted by Crippen LogP contribution is -2.38. The van der Waals surface area contributed by atoms with Gasteiger partial charge in [-0.15, -0.1) is 0 Å². The van der Waals surface area contributed by atoms with Gasteiger partial charge in [0.1, 0.15) is 11.9 Å². The molecule has 0 aliphatic heterocycles. The second-order valence-corrected chi connectivity index (χ2v) is 9.68. The Morgan fingerprint density at radius 1 is 0.971 bits per heavy atom. The number of fused-ring (bicyclic) bond motifs is 1. The Labute approximate surface area is 200 Å². The van der Waals surface area contributed by atoms with E-state index in [-0.39, 0.29) is 11.8 Å². The number of nitrogens with zero attached hydrogens (tertiary/aromatic N) is 3. The van der Waals surface area contributed by atoms with Crippen LogP contribution in [0, 0.1) is 0 Å². The van der Waals surface area contributed by atoms with Gasteiger partial charge in [0.25, 0.3) is 0 Å². The van der Waals surface area contributed by atoms with Crippen LogP contribution in [0.3, 0.4) is 0 Å². The first-order chi connectivity index (χ1) is 16.1. The molecule has 3 aromatic rings. The third kappa shape index (κ3) is 6.16. The van der Waals surface area contributed by atoms with Crippen molar-refractivity contribution in [2.75, 3.05) is 13.1 Å². The van der Waals surface area contributed by atoms with Crippen LogP contribution in [0.2, 0.25) is 0 Å². The van der Waals surface area contributed by atoms with Crippen molar-refractivity contribution < 1.29 is 14.3 Å². The van der Waals surface area contributed by atoms with Crippen LogP contribution < -0.4 is 5.69 Å². The number of aryl methyl sites for hydroxylation is 2. The number of ether oxygens (including phenoxy) is 1. The molecule has 182 valence electrons. The lowest BCUT2D eigenvalue weighted by atomic mass is 10.0. The highest BCUT2D eigenvalue weighted by atomic mass is 16.6. The van der Waals surface area contributed by atoms with E-state index in [1.807, 2.05) is 45.0 Å². The Morgan fingerprint density at radius 2 is 1.68 bits per heavy atom. The molecule has 0 spiro atoms. The fourth-order valence-electron chi connectivity index (χ4n) is 4.01. The number of aldehydes is 1. The van der Waals surface area contributed by atoms with Crippen molar-refractivity contribution in [2.45, 2.75) is 52.1 Å². The molecule has 7 nitrogen and oxygen atoms in total. The zero-order valence-electron chi connectivity index (χ0n) is 20.8. The molecular formula is C27H35N3O4. The van der Waals surface area contributed by atoms with Gasteiger partial charge < -0.3 is 14.4 Å². The van der Waals surface area contributed by atoms with Crippen molar-refractivity contribution in [3.8, 4) is 11.1 Å². The van der Waals surface area contributed by atoms with E-state index < -0.39 is 5.60 Å². The summed E-state index contributed by atoms with van der Waals surface area (Å²) in [4.78, 5) is 37.3. The van der Waals surface area contributed by atoms with Gasteiger partial charge in [0.2, 0.25) is 0 Å². The first kappa shape index (κ1) is 25.3. The molecule has 0 saturated heterocycles. The average molecular weight is 466 g/mol. The smallest absolute Gasteiger partial charge is 0.410 e. The van der Waals surface area contributed by atoms with Crippen molar-refractivity contribution in [1.29, 1.82) is 0 Å². The SMILES string of the molecule is Cn1c(=O)n(C)c2cc(-c3cccc(CCN(CCCCC=O)C(=O)OC(C)(C)C)c3)ccc21. The van der Waals surface area contributed by atoms with Gasteiger partial charge in [-0.2, -0.15) is 0 Å². The molecule has 1 aromatic heterocycles. The van der Waals surface area contributed by atoms with Gasteiger partial charge in [0.15, 0.2) is 0 Å². The molecule has 1 heterocycles. The Hall–Kier alpha value is -3.35. The van der Waals surface area contributed by atoms with E-state index in [0.29, 0.717) is 25.9 Å². The predicted molar refractivity (Wildman–Crippen MR) is 135 cm³/mol. The molecular weight excluding hydrogens is 430 g/mol. The molecule has 1 amide bonds. The summed E-state index contributed by atoms with van der Waals surface area (Å²) in [6.07, 6.45) is 3.28. The van der Waals surface area contributed by atoms with Crippen LogP contribution in [0.15, 0.2) is 47.3 Å². The zero-order valence-corrected chi connectivity index (χ0v) is 20.8. The molecule has 0 aliphatic rings. The van der Waals surface area contributed by atoms with E-state index >= 15 is 0 Å². The van der Waals surface area contributed by atoms with E-state index in [9.17, 15) is 14.4 Å². The summed E-state index contributed by atoms with van der Waals surface area (Å²) in [7, 11) is 3.56. The van der Waals surface area contributed by atoms with Crippen LogP contribution in [-0.4, -0.2) is 45.1 Å². The summed E-state index contributed by atoms with van der Waals surface area (Å²) in [5.41, 5.74) is 4.39. The highest BCUT2D eigenvalue weighted by Gasteiger charge is 2.21. The molecule has 0 radical (unpaired) electrons. The second kappa shape index (κ2) is 10.7. The van der Waals surface area contributed by atoms with Gasteiger partial charge in [-0.25, -0.2) is 9.59 Å². The quantitative estimate of drug-likeness (QED) is 0.339. The van der Waals surface area contributed by atoms with Crippen molar-refractivity contribution in [3.63, 3.8) is 0 Å². The molecule has 0 unspecified atom stereocenters. The first-order valence-corrected chi connectivity index (χ1v) is 11.8. The van der Waals surface area contributed by atoms with Gasteiger partial charge in [0, 0.05) is 33.6 Å². The average Bonchev–Trinajstić information content (AvgIpc) is 3.01. The Bertz CT molecular complexity index is 1220. The van der Waals surface area contributed by atoms with Crippen molar-refractivity contribution in [2.24, 2.45) is 14.1 Å². The number of benzene rings is 2. The largest absolute Gasteiger partial charge is 0.444 e. The number of rotatable bonds is 9. The van der Waals surface area contributed by atoms with Gasteiger partial charge >= 0.3 is 11.8 Å². The highest BCUT2D eigenvalue weighted by Crippen LogP contribution is 2.25. The normalized spacial score (nSPS) is 11.6. The molecule has 3 rings (SSSR count). The van der Waals surface area contributed by atoms with E-state index in [2.05, 4.69) is 18.2 Å². The third-order valence-corrected chi connectivity index (χ3v) is 5.85. The predicted octanol–water partition coefficient (Wildman–Crippen LogP) is 4.69. The van der Waals surface area contributed by atoms with Crippen molar-refractivity contribution in [1.82, 2.24) is 14.0 Å². The maximum absolute atomic E-state index is 12.7. The lowest BCUT2D eigenvalue weighted by Gasteiger charge is -2.27. The Kier molecular flexibility index (Phi) is 7.97.